The van der Waals surface area contributed by atoms with Gasteiger partial charge < -0.3 is 5.73 Å². The van der Waals surface area contributed by atoms with E-state index in [1.165, 1.54) is 32.1 Å². The van der Waals surface area contributed by atoms with Crippen molar-refractivity contribution in [2.24, 2.45) is 17.1 Å². The van der Waals surface area contributed by atoms with Gasteiger partial charge in [-0.2, -0.15) is 0 Å². The van der Waals surface area contributed by atoms with Crippen molar-refractivity contribution in [3.05, 3.63) is 0 Å². The van der Waals surface area contributed by atoms with Crippen molar-refractivity contribution < 1.29 is 0 Å². The van der Waals surface area contributed by atoms with Crippen LogP contribution in [-0.4, -0.2) is 5.54 Å². The van der Waals surface area contributed by atoms with Gasteiger partial charge in [-0.05, 0) is 43.4 Å². The second-order valence-electron chi connectivity index (χ2n) is 5.60. The molecule has 0 aromatic rings. The third-order valence-electron chi connectivity index (χ3n) is 4.39. The SMILES string of the molecule is C#CC1(N)CCCCC2(C)C[C@H]2CC1. The van der Waals surface area contributed by atoms with Gasteiger partial charge in [0.1, 0.15) is 0 Å². The van der Waals surface area contributed by atoms with Crippen LogP contribution in [0.2, 0.25) is 0 Å². The molecule has 0 radical (unpaired) electrons. The second kappa shape index (κ2) is 3.28. The van der Waals surface area contributed by atoms with Crippen molar-refractivity contribution in [3.8, 4) is 12.3 Å². The fraction of sp³-hybridized carbons (Fsp3) is 0.846. The number of terminal acetylenes is 1. The highest BCUT2D eigenvalue weighted by molar-refractivity contribution is 5.12. The summed E-state index contributed by atoms with van der Waals surface area (Å²) in [5.74, 6) is 3.72. The Hall–Kier alpha value is -0.480. The molecule has 2 rings (SSSR count). The lowest BCUT2D eigenvalue weighted by atomic mass is 9.89. The topological polar surface area (TPSA) is 26.0 Å². The molecule has 0 heterocycles. The van der Waals surface area contributed by atoms with Crippen LogP contribution in [0.3, 0.4) is 0 Å². The zero-order valence-corrected chi connectivity index (χ0v) is 9.18. The van der Waals surface area contributed by atoms with Crippen LogP contribution in [-0.2, 0) is 0 Å². The van der Waals surface area contributed by atoms with Crippen molar-refractivity contribution in [2.45, 2.75) is 57.4 Å². The van der Waals surface area contributed by atoms with Crippen LogP contribution in [0.5, 0.6) is 0 Å². The predicted octanol–water partition coefficient (Wildman–Crippen LogP) is 2.70. The van der Waals surface area contributed by atoms with Gasteiger partial charge in [0.25, 0.3) is 0 Å². The lowest BCUT2D eigenvalue weighted by Gasteiger charge is -2.22. The van der Waals surface area contributed by atoms with Crippen molar-refractivity contribution in [2.75, 3.05) is 0 Å². The van der Waals surface area contributed by atoms with Crippen LogP contribution < -0.4 is 5.73 Å². The monoisotopic (exact) mass is 191 g/mol. The van der Waals surface area contributed by atoms with E-state index in [2.05, 4.69) is 12.8 Å². The Bertz CT molecular complexity index is 265. The van der Waals surface area contributed by atoms with Crippen LogP contribution in [0.15, 0.2) is 0 Å². The summed E-state index contributed by atoms with van der Waals surface area (Å²) in [6.07, 6.45) is 14.1. The van der Waals surface area contributed by atoms with E-state index in [-0.39, 0.29) is 5.54 Å². The third kappa shape index (κ3) is 1.81. The van der Waals surface area contributed by atoms with Gasteiger partial charge in [-0.1, -0.05) is 25.7 Å². The Morgan fingerprint density at radius 1 is 1.29 bits per heavy atom. The molecule has 2 N–H and O–H groups in total. The standard InChI is InChI=1S/C13H21N/c1-3-13(14)8-5-4-7-12(2)10-11(12)6-9-13/h1,11H,4-10,14H2,2H3/t11-,12?,13?/m1/s1. The molecule has 0 saturated heterocycles. The molecular weight excluding hydrogens is 170 g/mol. The lowest BCUT2D eigenvalue weighted by molar-refractivity contribution is 0.425. The van der Waals surface area contributed by atoms with Gasteiger partial charge in [0.15, 0.2) is 0 Å². The number of rotatable bonds is 0. The van der Waals surface area contributed by atoms with Crippen molar-refractivity contribution in [3.63, 3.8) is 0 Å². The van der Waals surface area contributed by atoms with E-state index in [0.717, 1.165) is 18.8 Å². The van der Waals surface area contributed by atoms with Gasteiger partial charge >= 0.3 is 0 Å². The number of fused-ring (bicyclic) bond motifs is 1. The molecule has 1 heteroatoms. The molecule has 2 saturated carbocycles. The van der Waals surface area contributed by atoms with Crippen LogP contribution in [0.1, 0.15) is 51.9 Å². The molecule has 2 unspecified atom stereocenters. The molecule has 2 aliphatic rings. The van der Waals surface area contributed by atoms with Crippen molar-refractivity contribution in [1.29, 1.82) is 0 Å². The highest BCUT2D eigenvalue weighted by atomic mass is 14.7. The molecule has 0 aromatic heterocycles. The van der Waals surface area contributed by atoms with E-state index in [9.17, 15) is 0 Å². The average Bonchev–Trinajstić information content (AvgIpc) is 2.81. The second-order valence-corrected chi connectivity index (χ2v) is 5.60. The largest absolute Gasteiger partial charge is 0.315 e. The van der Waals surface area contributed by atoms with E-state index in [4.69, 9.17) is 12.2 Å². The molecular formula is C13H21N. The van der Waals surface area contributed by atoms with Gasteiger partial charge in [-0.25, -0.2) is 0 Å². The first kappa shape index (κ1) is 10.1. The molecule has 14 heavy (non-hydrogen) atoms. The van der Waals surface area contributed by atoms with Gasteiger partial charge in [0.2, 0.25) is 0 Å². The minimum Gasteiger partial charge on any atom is -0.315 e. The zero-order valence-electron chi connectivity index (χ0n) is 9.18. The number of hydrogen-bond donors (Lipinski definition) is 1. The van der Waals surface area contributed by atoms with E-state index in [0.29, 0.717) is 5.41 Å². The highest BCUT2D eigenvalue weighted by Crippen LogP contribution is 2.58. The Balaban J connectivity index is 2.01. The van der Waals surface area contributed by atoms with Gasteiger partial charge in [-0.3, -0.25) is 0 Å². The molecule has 0 bridgehead atoms. The first-order chi connectivity index (χ1) is 6.58. The van der Waals surface area contributed by atoms with Crippen LogP contribution >= 0.6 is 0 Å². The molecule has 2 fully saturated rings. The van der Waals surface area contributed by atoms with Gasteiger partial charge in [0.05, 0.1) is 5.54 Å². The average molecular weight is 191 g/mol. The molecule has 1 nitrogen and oxygen atoms in total. The summed E-state index contributed by atoms with van der Waals surface area (Å²) >= 11 is 0. The summed E-state index contributed by atoms with van der Waals surface area (Å²) in [5, 5.41) is 0. The fourth-order valence-electron chi connectivity index (χ4n) is 2.93. The minimum atomic E-state index is -0.298. The van der Waals surface area contributed by atoms with E-state index >= 15 is 0 Å². The Morgan fingerprint density at radius 3 is 2.71 bits per heavy atom. The summed E-state index contributed by atoms with van der Waals surface area (Å²) in [7, 11) is 0. The smallest absolute Gasteiger partial charge is 0.0773 e. The molecule has 0 aliphatic heterocycles. The summed E-state index contributed by atoms with van der Waals surface area (Å²) in [4.78, 5) is 0. The fourth-order valence-corrected chi connectivity index (χ4v) is 2.93. The Morgan fingerprint density at radius 2 is 2.00 bits per heavy atom. The maximum atomic E-state index is 6.18. The highest BCUT2D eigenvalue weighted by Gasteiger charge is 2.49. The Labute approximate surface area is 87.4 Å². The number of hydrogen-bond acceptors (Lipinski definition) is 1. The molecule has 0 amide bonds. The van der Waals surface area contributed by atoms with E-state index in [1.807, 2.05) is 0 Å². The first-order valence-electron chi connectivity index (χ1n) is 5.85. The number of nitrogens with two attached hydrogens (primary N) is 1. The quantitative estimate of drug-likeness (QED) is 0.585. The summed E-state index contributed by atoms with van der Waals surface area (Å²) in [6.45, 7) is 2.43. The molecule has 3 atom stereocenters. The van der Waals surface area contributed by atoms with Crippen LogP contribution in [0.4, 0.5) is 0 Å². The van der Waals surface area contributed by atoms with E-state index in [1.54, 1.807) is 0 Å². The van der Waals surface area contributed by atoms with Crippen molar-refractivity contribution >= 4 is 0 Å². The summed E-state index contributed by atoms with van der Waals surface area (Å²) in [5.41, 5.74) is 6.54. The zero-order chi connectivity index (χ0) is 10.2. The Kier molecular flexibility index (Phi) is 2.35. The minimum absolute atomic E-state index is 0.298. The maximum Gasteiger partial charge on any atom is 0.0773 e. The maximum absolute atomic E-state index is 6.18. The molecule has 0 aromatic carbocycles. The van der Waals surface area contributed by atoms with Gasteiger partial charge in [0, 0.05) is 0 Å². The summed E-state index contributed by atoms with van der Waals surface area (Å²) < 4.78 is 0. The normalized spacial score (nSPS) is 47.9. The van der Waals surface area contributed by atoms with Gasteiger partial charge in [-0.15, -0.1) is 6.42 Å². The van der Waals surface area contributed by atoms with Crippen LogP contribution in [0.25, 0.3) is 0 Å². The summed E-state index contributed by atoms with van der Waals surface area (Å²) in [6, 6.07) is 0. The molecule has 0 spiro atoms. The molecule has 78 valence electrons. The third-order valence-corrected chi connectivity index (χ3v) is 4.39. The van der Waals surface area contributed by atoms with Crippen molar-refractivity contribution in [1.82, 2.24) is 0 Å². The first-order valence-corrected chi connectivity index (χ1v) is 5.85. The predicted molar refractivity (Wildman–Crippen MR) is 59.7 cm³/mol. The van der Waals surface area contributed by atoms with Crippen LogP contribution in [0, 0.1) is 23.7 Å². The molecule has 2 aliphatic carbocycles. The van der Waals surface area contributed by atoms with E-state index < -0.39 is 0 Å². The lowest BCUT2D eigenvalue weighted by Crippen LogP contribution is -2.37.